The van der Waals surface area contributed by atoms with Crippen LogP contribution in [-0.4, -0.2) is 49.7 Å². The van der Waals surface area contributed by atoms with Gasteiger partial charge in [-0.1, -0.05) is 6.07 Å². The van der Waals surface area contributed by atoms with E-state index in [0.29, 0.717) is 5.69 Å². The molecule has 0 radical (unpaired) electrons. The van der Waals surface area contributed by atoms with Crippen molar-refractivity contribution in [2.24, 2.45) is 0 Å². The maximum Gasteiger partial charge on any atom is 0.246 e. The summed E-state index contributed by atoms with van der Waals surface area (Å²) in [7, 11) is 0. The van der Waals surface area contributed by atoms with E-state index in [0.717, 1.165) is 38.4 Å². The van der Waals surface area contributed by atoms with E-state index in [1.807, 2.05) is 0 Å². The van der Waals surface area contributed by atoms with Gasteiger partial charge in [0.05, 0.1) is 13.2 Å². The fourth-order valence-corrected chi connectivity index (χ4v) is 2.91. The fourth-order valence-electron chi connectivity index (χ4n) is 2.91. The van der Waals surface area contributed by atoms with Crippen LogP contribution in [0.15, 0.2) is 18.2 Å². The lowest BCUT2D eigenvalue weighted by atomic mass is 10.1. The highest BCUT2D eigenvalue weighted by molar-refractivity contribution is 6.02. The Morgan fingerprint density at radius 3 is 3.00 bits per heavy atom. The standard InChI is InChI=1S/C15H20FN3O2/c1-10(9-19-4-6-21-7-5-19)17-14-12-3-2-11(16)8-13(12)18-15(14)20/h2-3,8,10,14,17H,4-7,9H2,1H3,(H,18,20). The normalized spacial score (nSPS) is 23.7. The van der Waals surface area contributed by atoms with E-state index in [4.69, 9.17) is 4.74 Å². The summed E-state index contributed by atoms with van der Waals surface area (Å²) in [5.41, 5.74) is 1.38. The van der Waals surface area contributed by atoms with Crippen LogP contribution in [0, 0.1) is 5.82 Å². The summed E-state index contributed by atoms with van der Waals surface area (Å²) < 4.78 is 18.5. The Hall–Kier alpha value is -1.50. The van der Waals surface area contributed by atoms with Gasteiger partial charge in [-0.25, -0.2) is 4.39 Å². The first kappa shape index (κ1) is 14.4. The highest BCUT2D eigenvalue weighted by Gasteiger charge is 2.31. The van der Waals surface area contributed by atoms with Crippen molar-refractivity contribution in [1.29, 1.82) is 0 Å². The van der Waals surface area contributed by atoms with Gasteiger partial charge >= 0.3 is 0 Å². The Morgan fingerprint density at radius 2 is 2.24 bits per heavy atom. The maximum atomic E-state index is 13.2. The fraction of sp³-hybridized carbons (Fsp3) is 0.533. The minimum Gasteiger partial charge on any atom is -0.379 e. The van der Waals surface area contributed by atoms with Crippen molar-refractivity contribution in [2.75, 3.05) is 38.2 Å². The summed E-state index contributed by atoms with van der Waals surface area (Å²) in [6, 6.07) is 4.18. The Bertz CT molecular complexity index is 532. The smallest absolute Gasteiger partial charge is 0.246 e. The van der Waals surface area contributed by atoms with Crippen molar-refractivity contribution in [3.8, 4) is 0 Å². The highest BCUT2D eigenvalue weighted by Crippen LogP contribution is 2.31. The molecule has 1 saturated heterocycles. The summed E-state index contributed by atoms with van der Waals surface area (Å²) in [5.74, 6) is -0.458. The molecule has 0 spiro atoms. The van der Waals surface area contributed by atoms with Gasteiger partial charge in [-0.05, 0) is 19.1 Å². The number of fused-ring (bicyclic) bond motifs is 1. The van der Waals surface area contributed by atoms with E-state index in [9.17, 15) is 9.18 Å². The SMILES string of the molecule is CC(CN1CCOCC1)NC1C(=O)Nc2cc(F)ccc21. The van der Waals surface area contributed by atoms with Gasteiger partial charge in [0, 0.05) is 36.9 Å². The molecule has 0 aliphatic carbocycles. The van der Waals surface area contributed by atoms with Crippen molar-refractivity contribution in [3.63, 3.8) is 0 Å². The average Bonchev–Trinajstić information content (AvgIpc) is 2.75. The second-order valence-electron chi connectivity index (χ2n) is 5.63. The minimum atomic E-state index is -0.406. The molecule has 3 rings (SSSR count). The van der Waals surface area contributed by atoms with Crippen LogP contribution in [0.1, 0.15) is 18.5 Å². The number of carbonyl (C=O) groups is 1. The molecular weight excluding hydrogens is 273 g/mol. The first-order valence-corrected chi connectivity index (χ1v) is 7.30. The van der Waals surface area contributed by atoms with Crippen LogP contribution in [0.3, 0.4) is 0 Å². The summed E-state index contributed by atoms with van der Waals surface area (Å²) >= 11 is 0. The molecule has 0 saturated carbocycles. The third-order valence-electron chi connectivity index (χ3n) is 3.93. The Morgan fingerprint density at radius 1 is 1.48 bits per heavy atom. The second kappa shape index (κ2) is 6.09. The summed E-state index contributed by atoms with van der Waals surface area (Å²) in [6.45, 7) is 6.29. The number of nitrogens with zero attached hydrogens (tertiary/aromatic N) is 1. The van der Waals surface area contributed by atoms with Crippen LogP contribution in [0.2, 0.25) is 0 Å². The van der Waals surface area contributed by atoms with Gasteiger partial charge in [0.2, 0.25) is 5.91 Å². The summed E-state index contributed by atoms with van der Waals surface area (Å²) in [6.07, 6.45) is 0. The van der Waals surface area contributed by atoms with Crippen molar-refractivity contribution >= 4 is 11.6 Å². The van der Waals surface area contributed by atoms with Gasteiger partial charge in [0.15, 0.2) is 0 Å². The Kier molecular flexibility index (Phi) is 4.19. The first-order valence-electron chi connectivity index (χ1n) is 7.30. The van der Waals surface area contributed by atoms with Crippen molar-refractivity contribution in [3.05, 3.63) is 29.6 Å². The van der Waals surface area contributed by atoms with E-state index in [-0.39, 0.29) is 17.8 Å². The van der Waals surface area contributed by atoms with Crippen LogP contribution in [-0.2, 0) is 9.53 Å². The van der Waals surface area contributed by atoms with Gasteiger partial charge in [0.1, 0.15) is 11.9 Å². The van der Waals surface area contributed by atoms with E-state index in [1.54, 1.807) is 6.07 Å². The maximum absolute atomic E-state index is 13.2. The van der Waals surface area contributed by atoms with Crippen molar-refractivity contribution in [2.45, 2.75) is 19.0 Å². The van der Waals surface area contributed by atoms with E-state index in [1.165, 1.54) is 12.1 Å². The number of morpholine rings is 1. The lowest BCUT2D eigenvalue weighted by Crippen LogP contribution is -2.46. The number of hydrogen-bond donors (Lipinski definition) is 2. The number of carbonyl (C=O) groups excluding carboxylic acids is 1. The van der Waals surface area contributed by atoms with Gasteiger partial charge < -0.3 is 10.1 Å². The molecule has 2 atom stereocenters. The second-order valence-corrected chi connectivity index (χ2v) is 5.63. The molecule has 2 unspecified atom stereocenters. The average molecular weight is 293 g/mol. The summed E-state index contributed by atoms with van der Waals surface area (Å²) in [5, 5.41) is 6.06. The Labute approximate surface area is 123 Å². The van der Waals surface area contributed by atoms with E-state index < -0.39 is 6.04 Å². The van der Waals surface area contributed by atoms with Crippen LogP contribution < -0.4 is 10.6 Å². The molecule has 2 N–H and O–H groups in total. The monoisotopic (exact) mass is 293 g/mol. The topological polar surface area (TPSA) is 53.6 Å². The zero-order valence-electron chi connectivity index (χ0n) is 12.1. The number of nitrogens with one attached hydrogen (secondary N) is 2. The molecule has 2 heterocycles. The largest absolute Gasteiger partial charge is 0.379 e. The molecule has 1 fully saturated rings. The zero-order valence-corrected chi connectivity index (χ0v) is 12.1. The Balaban J connectivity index is 1.63. The lowest BCUT2D eigenvalue weighted by Gasteiger charge is -2.30. The number of rotatable bonds is 4. The van der Waals surface area contributed by atoms with E-state index >= 15 is 0 Å². The van der Waals surface area contributed by atoms with Gasteiger partial charge in [-0.15, -0.1) is 0 Å². The lowest BCUT2D eigenvalue weighted by molar-refractivity contribution is -0.117. The van der Waals surface area contributed by atoms with Gasteiger partial charge in [-0.3, -0.25) is 15.0 Å². The molecule has 21 heavy (non-hydrogen) atoms. The van der Waals surface area contributed by atoms with Gasteiger partial charge in [-0.2, -0.15) is 0 Å². The third-order valence-corrected chi connectivity index (χ3v) is 3.93. The number of anilines is 1. The minimum absolute atomic E-state index is 0.121. The van der Waals surface area contributed by atoms with Crippen LogP contribution in [0.4, 0.5) is 10.1 Å². The van der Waals surface area contributed by atoms with Crippen LogP contribution >= 0.6 is 0 Å². The quantitative estimate of drug-likeness (QED) is 0.874. The molecule has 0 aromatic heterocycles. The molecule has 0 bridgehead atoms. The number of benzene rings is 1. The molecule has 114 valence electrons. The molecule has 5 nitrogen and oxygen atoms in total. The third kappa shape index (κ3) is 3.23. The predicted molar refractivity (Wildman–Crippen MR) is 77.6 cm³/mol. The van der Waals surface area contributed by atoms with Crippen molar-refractivity contribution < 1.29 is 13.9 Å². The van der Waals surface area contributed by atoms with Crippen molar-refractivity contribution in [1.82, 2.24) is 10.2 Å². The number of halogens is 1. The number of amides is 1. The predicted octanol–water partition coefficient (Wildman–Crippen LogP) is 1.13. The molecular formula is C15H20FN3O2. The molecule has 1 amide bonds. The molecule has 1 aromatic rings. The first-order chi connectivity index (χ1) is 10.1. The van der Waals surface area contributed by atoms with Crippen LogP contribution in [0.5, 0.6) is 0 Å². The number of ether oxygens (including phenoxy) is 1. The number of hydrogen-bond acceptors (Lipinski definition) is 4. The molecule has 2 aliphatic heterocycles. The van der Waals surface area contributed by atoms with E-state index in [2.05, 4.69) is 22.5 Å². The van der Waals surface area contributed by atoms with Crippen LogP contribution in [0.25, 0.3) is 0 Å². The molecule has 2 aliphatic rings. The molecule has 6 heteroatoms. The van der Waals surface area contributed by atoms with Gasteiger partial charge in [0.25, 0.3) is 0 Å². The molecule has 1 aromatic carbocycles. The zero-order chi connectivity index (χ0) is 14.8. The highest BCUT2D eigenvalue weighted by atomic mass is 19.1. The summed E-state index contributed by atoms with van der Waals surface area (Å²) in [4.78, 5) is 14.4.